The quantitative estimate of drug-likeness (QED) is 0.277. The predicted octanol–water partition coefficient (Wildman–Crippen LogP) is 5.81. The van der Waals surface area contributed by atoms with Crippen molar-refractivity contribution in [2.75, 3.05) is 0 Å². The van der Waals surface area contributed by atoms with Crippen LogP contribution in [0.15, 0.2) is 89.3 Å². The van der Waals surface area contributed by atoms with Crippen LogP contribution >= 0.6 is 0 Å². The minimum atomic E-state index is -0.368. The number of halogens is 1. The molecule has 0 saturated carbocycles. The predicted molar refractivity (Wildman–Crippen MR) is 168 cm³/mol. The largest absolute Gasteiger partial charge is 0.455 e. The van der Waals surface area contributed by atoms with Gasteiger partial charge in [0.05, 0.1) is 17.3 Å². The highest BCUT2D eigenvalue weighted by atomic mass is 19.1. The van der Waals surface area contributed by atoms with Gasteiger partial charge >= 0.3 is 0 Å². The molecule has 0 aliphatic carbocycles. The maximum Gasteiger partial charge on any atom is 0.164 e. The summed E-state index contributed by atoms with van der Waals surface area (Å²) in [6, 6.07) is 30.4. The number of aromatic nitrogens is 1. The number of hydrogen-bond acceptors (Lipinski definition) is 3. The molecule has 2 aromatic heterocycles. The van der Waals surface area contributed by atoms with E-state index in [0.29, 0.717) is 39.0 Å². The van der Waals surface area contributed by atoms with Gasteiger partial charge in [0.1, 0.15) is 24.8 Å². The Kier molecular flexibility index (Phi) is 6.11. The fourth-order valence-corrected chi connectivity index (χ4v) is 5.75. The van der Waals surface area contributed by atoms with Crippen LogP contribution in [0, 0.1) is 17.1 Å². The van der Waals surface area contributed by atoms with Crippen molar-refractivity contribution in [1.29, 1.82) is 5.26 Å². The molecular formula is C34H27B2FN2O. The molecule has 0 N–H and O–H groups in total. The van der Waals surface area contributed by atoms with E-state index in [1.807, 2.05) is 89.3 Å². The Balaban J connectivity index is 1.62. The second kappa shape index (κ2) is 9.54. The number of fused-ring (bicyclic) bond motifs is 3. The highest BCUT2D eigenvalue weighted by molar-refractivity contribution is 6.38. The molecule has 0 spiro atoms. The Morgan fingerprint density at radius 3 is 2.17 bits per heavy atom. The highest BCUT2D eigenvalue weighted by Gasteiger charge is 2.26. The van der Waals surface area contributed by atoms with Crippen molar-refractivity contribution in [2.24, 2.45) is 0 Å². The Hall–Kier alpha value is -4.62. The average molecular weight is 520 g/mol. The van der Waals surface area contributed by atoms with E-state index in [1.54, 1.807) is 7.85 Å². The molecule has 192 valence electrons. The zero-order chi connectivity index (χ0) is 28.2. The van der Waals surface area contributed by atoms with Crippen LogP contribution in [0.3, 0.4) is 0 Å². The summed E-state index contributed by atoms with van der Waals surface area (Å²) < 4.78 is 22.4. The Morgan fingerprint density at radius 2 is 1.45 bits per heavy atom. The lowest BCUT2D eigenvalue weighted by molar-refractivity contribution is 0.529. The topological polar surface area (TPSA) is 49.8 Å². The van der Waals surface area contributed by atoms with Gasteiger partial charge in [-0.3, -0.25) is 4.98 Å². The summed E-state index contributed by atoms with van der Waals surface area (Å²) in [5.41, 5.74) is 8.58. The highest BCUT2D eigenvalue weighted by Crippen LogP contribution is 2.41. The molecule has 0 aliphatic heterocycles. The number of pyridine rings is 1. The second-order valence-corrected chi connectivity index (χ2v) is 11.4. The summed E-state index contributed by atoms with van der Waals surface area (Å²) in [6.45, 7) is 6.00. The van der Waals surface area contributed by atoms with E-state index >= 15 is 4.39 Å². The van der Waals surface area contributed by atoms with Gasteiger partial charge in [0.2, 0.25) is 0 Å². The number of hydrogen-bond donors (Lipinski definition) is 0. The molecule has 4 aromatic carbocycles. The first-order valence-corrected chi connectivity index (χ1v) is 13.4. The van der Waals surface area contributed by atoms with E-state index < -0.39 is 0 Å². The van der Waals surface area contributed by atoms with Crippen molar-refractivity contribution in [1.82, 2.24) is 4.98 Å². The third kappa shape index (κ3) is 4.19. The molecule has 3 nitrogen and oxygen atoms in total. The van der Waals surface area contributed by atoms with Gasteiger partial charge in [0, 0.05) is 33.1 Å². The van der Waals surface area contributed by atoms with Crippen molar-refractivity contribution >= 4 is 48.7 Å². The third-order valence-electron chi connectivity index (χ3n) is 7.56. The lowest BCUT2D eigenvalue weighted by atomic mass is 9.76. The number of benzene rings is 4. The first kappa shape index (κ1) is 25.6. The van der Waals surface area contributed by atoms with Gasteiger partial charge in [0.25, 0.3) is 0 Å². The molecule has 6 heteroatoms. The summed E-state index contributed by atoms with van der Waals surface area (Å²) in [5.74, 6) is -0.228. The number of furan rings is 1. The summed E-state index contributed by atoms with van der Waals surface area (Å²) in [6.07, 6.45) is 0. The third-order valence-corrected chi connectivity index (χ3v) is 7.56. The van der Waals surface area contributed by atoms with Crippen molar-refractivity contribution in [3.8, 4) is 39.6 Å². The van der Waals surface area contributed by atoms with Crippen LogP contribution in [0.5, 0.6) is 0 Å². The lowest BCUT2D eigenvalue weighted by Gasteiger charge is -2.24. The zero-order valence-corrected chi connectivity index (χ0v) is 23.3. The molecule has 0 bridgehead atoms. The molecule has 0 amide bonds. The first-order chi connectivity index (χ1) is 19.2. The van der Waals surface area contributed by atoms with Gasteiger partial charge in [-0.05, 0) is 51.8 Å². The molecule has 0 radical (unpaired) electrons. The number of nitriles is 1. The fourth-order valence-electron chi connectivity index (χ4n) is 5.75. The van der Waals surface area contributed by atoms with E-state index in [1.165, 1.54) is 0 Å². The molecule has 2 heterocycles. The van der Waals surface area contributed by atoms with Crippen LogP contribution in [-0.4, -0.2) is 20.7 Å². The summed E-state index contributed by atoms with van der Waals surface area (Å²) in [4.78, 5) is 4.90. The van der Waals surface area contributed by atoms with E-state index in [4.69, 9.17) is 9.40 Å². The molecule has 0 saturated heterocycles. The van der Waals surface area contributed by atoms with Gasteiger partial charge < -0.3 is 4.42 Å². The smallest absolute Gasteiger partial charge is 0.164 e. The van der Waals surface area contributed by atoms with Crippen LogP contribution < -0.4 is 11.1 Å². The SMILES string of the molecule is Bc1nc(-c2cccc3c2oc2c(-c4cccc(-c5ccccc5)c4)cc(C#N)cc23)c(B)c(F)c1C(C)(C)C. The molecule has 40 heavy (non-hydrogen) atoms. The molecule has 6 rings (SSSR count). The minimum Gasteiger partial charge on any atom is -0.455 e. The van der Waals surface area contributed by atoms with E-state index in [-0.39, 0.29) is 11.2 Å². The van der Waals surface area contributed by atoms with Gasteiger partial charge in [-0.25, -0.2) is 4.39 Å². The normalized spacial score (nSPS) is 11.7. The summed E-state index contributed by atoms with van der Waals surface area (Å²) in [5, 5.41) is 11.6. The van der Waals surface area contributed by atoms with Crippen molar-refractivity contribution < 1.29 is 8.81 Å². The molecule has 6 aromatic rings. The lowest BCUT2D eigenvalue weighted by Crippen LogP contribution is -2.34. The number of nitrogens with zero attached hydrogens (tertiary/aromatic N) is 2. The molecule has 0 aliphatic rings. The average Bonchev–Trinajstić information content (AvgIpc) is 3.33. The Bertz CT molecular complexity index is 1980. The summed E-state index contributed by atoms with van der Waals surface area (Å²) >= 11 is 0. The van der Waals surface area contributed by atoms with Crippen LogP contribution in [0.2, 0.25) is 0 Å². The monoisotopic (exact) mass is 520 g/mol. The zero-order valence-electron chi connectivity index (χ0n) is 23.3. The number of para-hydroxylation sites is 1. The fraction of sp³-hybridized carbons (Fsp3) is 0.118. The maximum absolute atomic E-state index is 15.8. The van der Waals surface area contributed by atoms with Gasteiger partial charge in [0.15, 0.2) is 7.85 Å². The van der Waals surface area contributed by atoms with Gasteiger partial charge in [-0.1, -0.05) is 81.4 Å². The maximum atomic E-state index is 15.8. The van der Waals surface area contributed by atoms with E-state index in [0.717, 1.165) is 38.6 Å². The van der Waals surface area contributed by atoms with Crippen LogP contribution in [-0.2, 0) is 5.41 Å². The molecule has 0 unspecified atom stereocenters. The standard InChI is InChI=1S/C34H27B2FN2O/c1-34(2,3)27-29(37)28(35)30(39-33(27)36)24-14-8-13-23-26-16-19(18-38)15-25(32(26)40-31(23)24)22-12-7-11-21(17-22)20-9-5-4-6-10-20/h4-17H,35-36H2,1-3H3. The molecular weight excluding hydrogens is 493 g/mol. The van der Waals surface area contributed by atoms with E-state index in [2.05, 4.69) is 30.3 Å². The first-order valence-electron chi connectivity index (χ1n) is 13.4. The molecule has 0 fully saturated rings. The van der Waals surface area contributed by atoms with Crippen LogP contribution in [0.1, 0.15) is 31.9 Å². The van der Waals surface area contributed by atoms with E-state index in [9.17, 15) is 5.26 Å². The van der Waals surface area contributed by atoms with Crippen molar-refractivity contribution in [3.05, 3.63) is 102 Å². The van der Waals surface area contributed by atoms with Crippen LogP contribution in [0.4, 0.5) is 4.39 Å². The molecule has 0 atom stereocenters. The van der Waals surface area contributed by atoms with Crippen LogP contribution in [0.25, 0.3) is 55.4 Å². The second-order valence-electron chi connectivity index (χ2n) is 11.4. The van der Waals surface area contributed by atoms with Crippen molar-refractivity contribution in [3.63, 3.8) is 0 Å². The Labute approximate surface area is 235 Å². The number of rotatable bonds is 3. The van der Waals surface area contributed by atoms with Gasteiger partial charge in [-0.15, -0.1) is 0 Å². The Morgan fingerprint density at radius 1 is 0.775 bits per heavy atom. The summed E-state index contributed by atoms with van der Waals surface area (Å²) in [7, 11) is 3.64. The minimum absolute atomic E-state index is 0.228. The van der Waals surface area contributed by atoms with Crippen molar-refractivity contribution in [2.45, 2.75) is 26.2 Å². The van der Waals surface area contributed by atoms with Gasteiger partial charge in [-0.2, -0.15) is 5.26 Å².